The quantitative estimate of drug-likeness (QED) is 0.613. The van der Waals surface area contributed by atoms with Crippen molar-refractivity contribution in [2.24, 2.45) is 5.92 Å². The Bertz CT molecular complexity index is 739. The molecule has 0 radical (unpaired) electrons. The number of hydrogen-bond acceptors (Lipinski definition) is 5. The number of hydrogen-bond donors (Lipinski definition) is 3. The fraction of sp³-hybridized carbons (Fsp3) is 0.650. The molecule has 2 aliphatic rings. The maximum absolute atomic E-state index is 13.0. The summed E-state index contributed by atoms with van der Waals surface area (Å²) in [6.07, 6.45) is 8.21. The van der Waals surface area contributed by atoms with Gasteiger partial charge in [0, 0.05) is 10.9 Å². The summed E-state index contributed by atoms with van der Waals surface area (Å²) in [6.45, 7) is 1.30. The maximum atomic E-state index is 13.0. The Morgan fingerprint density at radius 3 is 2.61 bits per heavy atom. The monoisotopic (exact) mass is 408 g/mol. The summed E-state index contributed by atoms with van der Waals surface area (Å²) in [5.41, 5.74) is 1.65. The van der Waals surface area contributed by atoms with Crippen LogP contribution in [0, 0.1) is 5.92 Å². The highest BCUT2D eigenvalue weighted by Gasteiger charge is 2.30. The minimum atomic E-state index is -1.12. The molecule has 1 fully saturated rings. The molecule has 0 saturated heterocycles. The molecule has 1 aromatic heterocycles. The van der Waals surface area contributed by atoms with Gasteiger partial charge in [0.2, 0.25) is 0 Å². The van der Waals surface area contributed by atoms with Gasteiger partial charge in [-0.15, -0.1) is 11.3 Å². The number of carbonyl (C=O) groups excluding carboxylic acids is 2. The first-order chi connectivity index (χ1) is 13.5. The molecular weight excluding hydrogens is 380 g/mol. The SMILES string of the molecule is CCC1CCc2c(sc(NC(=O)COCC(=O)O)c2C(=O)NC2CCCC2)C1. The summed E-state index contributed by atoms with van der Waals surface area (Å²) in [6, 6.07) is 0.206. The van der Waals surface area contributed by atoms with E-state index in [0.29, 0.717) is 16.5 Å². The molecule has 0 spiro atoms. The van der Waals surface area contributed by atoms with Crippen LogP contribution < -0.4 is 10.6 Å². The lowest BCUT2D eigenvalue weighted by Crippen LogP contribution is -2.34. The summed E-state index contributed by atoms with van der Waals surface area (Å²) >= 11 is 1.47. The molecule has 8 heteroatoms. The van der Waals surface area contributed by atoms with E-state index in [2.05, 4.69) is 17.6 Å². The van der Waals surface area contributed by atoms with E-state index in [4.69, 9.17) is 9.84 Å². The van der Waals surface area contributed by atoms with Gasteiger partial charge in [-0.25, -0.2) is 4.79 Å². The number of nitrogens with one attached hydrogen (secondary N) is 2. The molecule has 3 N–H and O–H groups in total. The van der Waals surface area contributed by atoms with Crippen LogP contribution in [0.4, 0.5) is 5.00 Å². The number of rotatable bonds is 8. The molecule has 7 nitrogen and oxygen atoms in total. The van der Waals surface area contributed by atoms with E-state index in [1.807, 2.05) is 0 Å². The Hall–Kier alpha value is -1.93. The first-order valence-electron chi connectivity index (χ1n) is 10.0. The third kappa shape index (κ3) is 5.11. The smallest absolute Gasteiger partial charge is 0.329 e. The van der Waals surface area contributed by atoms with Crippen LogP contribution in [0.15, 0.2) is 0 Å². The predicted molar refractivity (Wildman–Crippen MR) is 107 cm³/mol. The van der Waals surface area contributed by atoms with Crippen molar-refractivity contribution in [2.75, 3.05) is 18.5 Å². The van der Waals surface area contributed by atoms with Gasteiger partial charge in [-0.1, -0.05) is 26.2 Å². The lowest BCUT2D eigenvalue weighted by atomic mass is 9.85. The van der Waals surface area contributed by atoms with E-state index >= 15 is 0 Å². The van der Waals surface area contributed by atoms with Crippen LogP contribution in [0.5, 0.6) is 0 Å². The summed E-state index contributed by atoms with van der Waals surface area (Å²) in [5, 5.41) is 15.1. The van der Waals surface area contributed by atoms with Crippen molar-refractivity contribution in [1.82, 2.24) is 5.32 Å². The third-order valence-corrected chi connectivity index (χ3v) is 6.74. The summed E-state index contributed by atoms with van der Waals surface area (Å²) in [4.78, 5) is 36.9. The number of amides is 2. The van der Waals surface area contributed by atoms with Crippen molar-refractivity contribution < 1.29 is 24.2 Å². The number of thiophene rings is 1. The largest absolute Gasteiger partial charge is 0.480 e. The number of fused-ring (bicyclic) bond motifs is 1. The van der Waals surface area contributed by atoms with Gasteiger partial charge in [-0.3, -0.25) is 9.59 Å². The van der Waals surface area contributed by atoms with Gasteiger partial charge in [0.1, 0.15) is 18.2 Å². The van der Waals surface area contributed by atoms with Gasteiger partial charge in [0.05, 0.1) is 5.56 Å². The first kappa shape index (κ1) is 20.8. The molecule has 0 bridgehead atoms. The highest BCUT2D eigenvalue weighted by molar-refractivity contribution is 7.17. The van der Waals surface area contributed by atoms with Crippen LogP contribution >= 0.6 is 11.3 Å². The molecule has 2 amide bonds. The van der Waals surface area contributed by atoms with Gasteiger partial charge in [-0.05, 0) is 43.6 Å². The van der Waals surface area contributed by atoms with Crippen LogP contribution in [0.25, 0.3) is 0 Å². The second-order valence-electron chi connectivity index (χ2n) is 7.61. The van der Waals surface area contributed by atoms with Gasteiger partial charge in [0.15, 0.2) is 0 Å². The van der Waals surface area contributed by atoms with E-state index in [1.165, 1.54) is 16.2 Å². The van der Waals surface area contributed by atoms with Gasteiger partial charge in [-0.2, -0.15) is 0 Å². The Labute approximate surface area is 168 Å². The molecule has 28 heavy (non-hydrogen) atoms. The molecule has 0 aliphatic heterocycles. The van der Waals surface area contributed by atoms with E-state index < -0.39 is 18.5 Å². The summed E-state index contributed by atoms with van der Waals surface area (Å²) < 4.78 is 4.87. The van der Waals surface area contributed by atoms with Crippen LogP contribution in [0.3, 0.4) is 0 Å². The van der Waals surface area contributed by atoms with Gasteiger partial charge < -0.3 is 20.5 Å². The lowest BCUT2D eigenvalue weighted by molar-refractivity contribution is -0.143. The van der Waals surface area contributed by atoms with Gasteiger partial charge in [0.25, 0.3) is 11.8 Å². The predicted octanol–water partition coefficient (Wildman–Crippen LogP) is 2.98. The highest BCUT2D eigenvalue weighted by Crippen LogP contribution is 2.40. The van der Waals surface area contributed by atoms with E-state index in [-0.39, 0.29) is 18.6 Å². The number of ether oxygens (including phenoxy) is 1. The minimum absolute atomic E-state index is 0.110. The number of aliphatic carboxylic acids is 1. The zero-order valence-electron chi connectivity index (χ0n) is 16.2. The average Bonchev–Trinajstić information content (AvgIpc) is 3.27. The second-order valence-corrected chi connectivity index (χ2v) is 8.72. The molecule has 2 aliphatic carbocycles. The zero-order valence-corrected chi connectivity index (χ0v) is 17.0. The number of carboxylic acids is 1. The Kier molecular flexibility index (Phi) is 7.07. The van der Waals surface area contributed by atoms with Crippen LogP contribution in [-0.4, -0.2) is 42.1 Å². The fourth-order valence-corrected chi connectivity index (χ4v) is 5.43. The molecule has 1 aromatic rings. The van der Waals surface area contributed by atoms with Crippen LogP contribution in [0.1, 0.15) is 66.2 Å². The molecular formula is C20H28N2O5S. The molecule has 1 atom stereocenters. The Balaban J connectivity index is 1.77. The van der Waals surface area contributed by atoms with Crippen molar-refractivity contribution in [1.29, 1.82) is 0 Å². The number of carboxylic acid groups (broad SMARTS) is 1. The number of anilines is 1. The first-order valence-corrected chi connectivity index (χ1v) is 10.8. The molecule has 3 rings (SSSR count). The van der Waals surface area contributed by atoms with Crippen molar-refractivity contribution in [2.45, 2.75) is 64.3 Å². The zero-order chi connectivity index (χ0) is 20.1. The normalized spacial score (nSPS) is 19.2. The van der Waals surface area contributed by atoms with E-state index in [0.717, 1.165) is 56.9 Å². The highest BCUT2D eigenvalue weighted by atomic mass is 32.1. The lowest BCUT2D eigenvalue weighted by Gasteiger charge is -2.21. The standard InChI is InChI=1S/C20H28N2O5S/c1-2-12-7-8-14-15(9-12)28-20(22-16(23)10-27-11-17(24)25)18(14)19(26)21-13-5-3-4-6-13/h12-13H,2-11H2,1H3,(H,21,26)(H,22,23)(H,24,25). The molecule has 1 heterocycles. The Morgan fingerprint density at radius 2 is 1.93 bits per heavy atom. The third-order valence-electron chi connectivity index (χ3n) is 5.57. The molecule has 1 saturated carbocycles. The maximum Gasteiger partial charge on any atom is 0.329 e. The van der Waals surface area contributed by atoms with Crippen molar-refractivity contribution >= 4 is 34.1 Å². The van der Waals surface area contributed by atoms with Crippen molar-refractivity contribution in [3.63, 3.8) is 0 Å². The van der Waals surface area contributed by atoms with Crippen LogP contribution in [0.2, 0.25) is 0 Å². The van der Waals surface area contributed by atoms with Crippen molar-refractivity contribution in [3.8, 4) is 0 Å². The molecule has 154 valence electrons. The van der Waals surface area contributed by atoms with E-state index in [1.54, 1.807) is 0 Å². The van der Waals surface area contributed by atoms with Crippen molar-refractivity contribution in [3.05, 3.63) is 16.0 Å². The van der Waals surface area contributed by atoms with Gasteiger partial charge >= 0.3 is 5.97 Å². The Morgan fingerprint density at radius 1 is 1.18 bits per heavy atom. The average molecular weight is 409 g/mol. The molecule has 1 unspecified atom stereocenters. The summed E-state index contributed by atoms with van der Waals surface area (Å²) in [5.74, 6) is -1.07. The summed E-state index contributed by atoms with van der Waals surface area (Å²) in [7, 11) is 0. The fourth-order valence-electron chi connectivity index (χ4n) is 4.05. The van der Waals surface area contributed by atoms with Crippen LogP contribution in [-0.2, 0) is 27.2 Å². The second kappa shape index (κ2) is 9.52. The topological polar surface area (TPSA) is 105 Å². The van der Waals surface area contributed by atoms with E-state index in [9.17, 15) is 14.4 Å². The minimum Gasteiger partial charge on any atom is -0.480 e. The number of carbonyl (C=O) groups is 3. The molecule has 0 aromatic carbocycles.